The number of ether oxygens (including phenoxy) is 1. The zero-order valence-corrected chi connectivity index (χ0v) is 22.3. The standard InChI is InChI=1S/C29H36F2N4O3/c1-4-21(7-12-26(36)22-8-5-20(2)6-9-22)17-35-18-24-25(33-35)11-10-23(27(24)38-3)28(37)32-14-16-34-15-13-29(30,31)19-34/h5-6,8-11,18,21H,4,7,12-17,19H2,1-3H3,(H,32,37). The van der Waals surface area contributed by atoms with E-state index in [9.17, 15) is 18.4 Å². The number of likely N-dealkylation sites (tertiary alicyclic amines) is 1. The normalized spacial score (nSPS) is 16.0. The van der Waals surface area contributed by atoms with Crippen molar-refractivity contribution in [3.8, 4) is 5.75 Å². The van der Waals surface area contributed by atoms with Gasteiger partial charge in [0.2, 0.25) is 0 Å². The number of alkyl halides is 2. The number of carbonyl (C=O) groups is 2. The number of halogens is 2. The maximum absolute atomic E-state index is 13.4. The molecule has 1 aromatic heterocycles. The molecule has 3 aromatic rings. The zero-order chi connectivity index (χ0) is 27.3. The molecule has 2 aromatic carbocycles. The Kier molecular flexibility index (Phi) is 8.76. The van der Waals surface area contributed by atoms with Crippen LogP contribution in [0.4, 0.5) is 8.78 Å². The molecule has 1 aliphatic rings. The number of ketones is 1. The van der Waals surface area contributed by atoms with Gasteiger partial charge >= 0.3 is 0 Å². The summed E-state index contributed by atoms with van der Waals surface area (Å²) in [4.78, 5) is 27.1. The highest BCUT2D eigenvalue weighted by Crippen LogP contribution is 2.30. The quantitative estimate of drug-likeness (QED) is 0.332. The molecule has 1 saturated heterocycles. The summed E-state index contributed by atoms with van der Waals surface area (Å²) in [6, 6.07) is 11.1. The molecule has 1 atom stereocenters. The van der Waals surface area contributed by atoms with Gasteiger partial charge in [-0.15, -0.1) is 0 Å². The number of fused-ring (bicyclic) bond motifs is 1. The summed E-state index contributed by atoms with van der Waals surface area (Å²) in [5, 5.41) is 8.22. The number of rotatable bonds is 12. The first-order valence-electron chi connectivity index (χ1n) is 13.2. The molecule has 0 aliphatic carbocycles. The van der Waals surface area contributed by atoms with Crippen molar-refractivity contribution in [2.24, 2.45) is 5.92 Å². The second-order valence-electron chi connectivity index (χ2n) is 10.2. The first-order valence-corrected chi connectivity index (χ1v) is 13.2. The number of Topliss-reactive ketones (excluding diaryl/α,β-unsaturated/α-hetero) is 1. The van der Waals surface area contributed by atoms with Crippen molar-refractivity contribution >= 4 is 22.6 Å². The highest BCUT2D eigenvalue weighted by molar-refractivity contribution is 6.03. The van der Waals surface area contributed by atoms with E-state index in [0.29, 0.717) is 42.9 Å². The van der Waals surface area contributed by atoms with Crippen LogP contribution in [0.5, 0.6) is 5.75 Å². The lowest BCUT2D eigenvalue weighted by Gasteiger charge is -2.16. The molecule has 0 spiro atoms. The molecule has 0 saturated carbocycles. The van der Waals surface area contributed by atoms with E-state index < -0.39 is 5.92 Å². The van der Waals surface area contributed by atoms with Crippen molar-refractivity contribution in [3.63, 3.8) is 0 Å². The molecule has 1 amide bonds. The minimum Gasteiger partial charge on any atom is -0.495 e. The van der Waals surface area contributed by atoms with Crippen LogP contribution in [0.2, 0.25) is 0 Å². The number of aryl methyl sites for hydroxylation is 1. The Morgan fingerprint density at radius 2 is 1.95 bits per heavy atom. The molecule has 1 N–H and O–H groups in total. The summed E-state index contributed by atoms with van der Waals surface area (Å²) in [6.45, 7) is 5.46. The molecule has 0 bridgehead atoms. The van der Waals surface area contributed by atoms with E-state index in [2.05, 4.69) is 17.3 Å². The SMILES string of the molecule is CCC(CCC(=O)c1ccc(C)cc1)Cn1cc2c(OC)c(C(=O)NCCN3CCC(F)(F)C3)ccc2n1. The zero-order valence-electron chi connectivity index (χ0n) is 22.3. The Labute approximate surface area is 222 Å². The fraction of sp³-hybridized carbons (Fsp3) is 0.483. The van der Waals surface area contributed by atoms with Crippen LogP contribution in [0.1, 0.15) is 58.9 Å². The third kappa shape index (κ3) is 6.75. The molecule has 9 heteroatoms. The van der Waals surface area contributed by atoms with Gasteiger partial charge in [-0.1, -0.05) is 43.2 Å². The van der Waals surface area contributed by atoms with Crippen LogP contribution < -0.4 is 10.1 Å². The Morgan fingerprint density at radius 3 is 2.61 bits per heavy atom. The van der Waals surface area contributed by atoms with Crippen molar-refractivity contribution < 1.29 is 23.1 Å². The van der Waals surface area contributed by atoms with Gasteiger partial charge in [0, 0.05) is 50.8 Å². The van der Waals surface area contributed by atoms with Gasteiger partial charge in [-0.2, -0.15) is 5.10 Å². The van der Waals surface area contributed by atoms with E-state index in [1.54, 1.807) is 17.0 Å². The van der Waals surface area contributed by atoms with Crippen LogP contribution in [0, 0.1) is 12.8 Å². The maximum Gasteiger partial charge on any atom is 0.261 e. The van der Waals surface area contributed by atoms with E-state index in [4.69, 9.17) is 4.74 Å². The lowest BCUT2D eigenvalue weighted by atomic mass is 9.96. The second-order valence-corrected chi connectivity index (χ2v) is 10.2. The topological polar surface area (TPSA) is 76.5 Å². The number of hydrogen-bond acceptors (Lipinski definition) is 5. The van der Waals surface area contributed by atoms with Crippen molar-refractivity contribution in [2.75, 3.05) is 33.3 Å². The van der Waals surface area contributed by atoms with E-state index in [-0.39, 0.29) is 37.1 Å². The van der Waals surface area contributed by atoms with Gasteiger partial charge in [-0.05, 0) is 31.4 Å². The largest absolute Gasteiger partial charge is 0.495 e. The van der Waals surface area contributed by atoms with Gasteiger partial charge in [-0.25, -0.2) is 8.78 Å². The highest BCUT2D eigenvalue weighted by atomic mass is 19.3. The van der Waals surface area contributed by atoms with Crippen LogP contribution in [0.15, 0.2) is 42.6 Å². The molecular weight excluding hydrogens is 490 g/mol. The predicted octanol–water partition coefficient (Wildman–Crippen LogP) is 5.11. The number of aromatic nitrogens is 2. The van der Waals surface area contributed by atoms with Crippen LogP contribution in [0.3, 0.4) is 0 Å². The van der Waals surface area contributed by atoms with Crippen molar-refractivity contribution in [1.29, 1.82) is 0 Å². The molecule has 0 radical (unpaired) electrons. The predicted molar refractivity (Wildman–Crippen MR) is 143 cm³/mol. The summed E-state index contributed by atoms with van der Waals surface area (Å²) < 4.78 is 34.2. The number of hydrogen-bond donors (Lipinski definition) is 1. The van der Waals surface area contributed by atoms with Crippen molar-refractivity contribution in [1.82, 2.24) is 20.0 Å². The van der Waals surface area contributed by atoms with Gasteiger partial charge in [0.1, 0.15) is 5.75 Å². The summed E-state index contributed by atoms with van der Waals surface area (Å²) in [7, 11) is 1.51. The Hall–Kier alpha value is -3.33. The fourth-order valence-electron chi connectivity index (χ4n) is 4.94. The number of methoxy groups -OCH3 is 1. The van der Waals surface area contributed by atoms with Crippen LogP contribution in [0.25, 0.3) is 10.9 Å². The minimum absolute atomic E-state index is 0.141. The summed E-state index contributed by atoms with van der Waals surface area (Å²) >= 11 is 0. The van der Waals surface area contributed by atoms with E-state index in [0.717, 1.165) is 29.4 Å². The lowest BCUT2D eigenvalue weighted by Crippen LogP contribution is -2.35. The molecule has 204 valence electrons. The molecule has 1 fully saturated rings. The smallest absolute Gasteiger partial charge is 0.261 e. The molecular formula is C29H36F2N4O3. The first-order chi connectivity index (χ1) is 18.2. The third-order valence-corrected chi connectivity index (χ3v) is 7.27. The van der Waals surface area contributed by atoms with Gasteiger partial charge in [0.25, 0.3) is 11.8 Å². The van der Waals surface area contributed by atoms with Gasteiger partial charge in [-0.3, -0.25) is 19.2 Å². The van der Waals surface area contributed by atoms with Crippen molar-refractivity contribution in [2.45, 2.75) is 52.0 Å². The molecule has 7 nitrogen and oxygen atoms in total. The Bertz CT molecular complexity index is 1270. The number of nitrogens with zero attached hydrogens (tertiary/aromatic N) is 3. The van der Waals surface area contributed by atoms with Crippen molar-refractivity contribution in [3.05, 3.63) is 59.3 Å². The first kappa shape index (κ1) is 27.7. The molecule has 2 heterocycles. The fourth-order valence-corrected chi connectivity index (χ4v) is 4.94. The van der Waals surface area contributed by atoms with Gasteiger partial charge < -0.3 is 10.1 Å². The molecule has 4 rings (SSSR count). The lowest BCUT2D eigenvalue weighted by molar-refractivity contribution is 0.0124. The van der Waals surface area contributed by atoms with E-state index in [1.807, 2.05) is 42.1 Å². The number of amides is 1. The number of nitrogens with one attached hydrogen (secondary N) is 1. The second kappa shape index (κ2) is 12.0. The number of carbonyl (C=O) groups excluding carboxylic acids is 2. The monoisotopic (exact) mass is 526 g/mol. The molecule has 1 aliphatic heterocycles. The number of benzene rings is 2. The Balaban J connectivity index is 1.38. The average Bonchev–Trinajstić information content (AvgIpc) is 3.47. The Morgan fingerprint density at radius 1 is 1.18 bits per heavy atom. The minimum atomic E-state index is -2.65. The molecule has 38 heavy (non-hydrogen) atoms. The summed E-state index contributed by atoms with van der Waals surface area (Å²) in [5.74, 6) is -2.12. The summed E-state index contributed by atoms with van der Waals surface area (Å²) in [5.41, 5.74) is 2.96. The summed E-state index contributed by atoms with van der Waals surface area (Å²) in [6.07, 6.45) is 3.88. The van der Waals surface area contributed by atoms with Crippen LogP contribution >= 0.6 is 0 Å². The third-order valence-electron chi connectivity index (χ3n) is 7.27. The highest BCUT2D eigenvalue weighted by Gasteiger charge is 2.37. The maximum atomic E-state index is 13.4. The van der Waals surface area contributed by atoms with E-state index in [1.165, 1.54) is 7.11 Å². The van der Waals surface area contributed by atoms with E-state index >= 15 is 0 Å². The van der Waals surface area contributed by atoms with Gasteiger partial charge in [0.15, 0.2) is 5.78 Å². The van der Waals surface area contributed by atoms with Gasteiger partial charge in [0.05, 0.1) is 30.1 Å². The van der Waals surface area contributed by atoms with Crippen LogP contribution in [-0.4, -0.2) is 65.6 Å². The molecule has 1 unspecified atom stereocenters. The average molecular weight is 527 g/mol. The van der Waals surface area contributed by atoms with Crippen LogP contribution in [-0.2, 0) is 6.54 Å².